The highest BCUT2D eigenvalue weighted by Gasteiger charge is 2.56. The van der Waals surface area contributed by atoms with Crippen molar-refractivity contribution < 1.29 is 42.4 Å². The maximum atomic E-state index is 14.0. The van der Waals surface area contributed by atoms with Crippen LogP contribution in [0, 0.1) is 0 Å². The van der Waals surface area contributed by atoms with Crippen LogP contribution in [0.5, 0.6) is 0 Å². The molecule has 0 saturated carbocycles. The van der Waals surface area contributed by atoms with Crippen LogP contribution in [0.2, 0.25) is 0 Å². The van der Waals surface area contributed by atoms with Gasteiger partial charge in [0, 0.05) is 11.1 Å². The van der Waals surface area contributed by atoms with Crippen molar-refractivity contribution in [3.8, 4) is 0 Å². The molecular weight excluding hydrogens is 781 g/mol. The molecule has 294 valence electrons. The van der Waals surface area contributed by atoms with E-state index in [0.717, 1.165) is 27.4 Å². The van der Waals surface area contributed by atoms with Crippen LogP contribution < -0.4 is 10.6 Å². The molecule has 13 nitrogen and oxygen atoms in total. The number of aromatic nitrogens is 1. The second-order valence-corrected chi connectivity index (χ2v) is 15.4. The summed E-state index contributed by atoms with van der Waals surface area (Å²) in [5.41, 5.74) is 2.89. The Morgan fingerprint density at radius 1 is 0.828 bits per heavy atom. The Balaban J connectivity index is 1.06. The first kappa shape index (κ1) is 39.5. The largest absolute Gasteiger partial charge is 0.461 e. The summed E-state index contributed by atoms with van der Waals surface area (Å²) in [7, 11) is -1.69. The summed E-state index contributed by atoms with van der Waals surface area (Å²) in [6.45, 7) is 0.0360. The van der Waals surface area contributed by atoms with Crippen molar-refractivity contribution in [1.29, 1.82) is 0 Å². The molecule has 4 aromatic carbocycles. The molecule has 3 atom stereocenters. The number of thiazole rings is 1. The van der Waals surface area contributed by atoms with Gasteiger partial charge in [0.2, 0.25) is 0 Å². The SMILES string of the molecule is O=C(CC=C(C(=O)N[C@@H]1C(=O)N2C(C(=O)OC(c3ccccc3)c3ccccc3)=CCS(=O)[C@H]12)c1csc(NC(=O)OCc2ccccc2)n1)OCc1ccccc1. The molecule has 2 aliphatic rings. The van der Waals surface area contributed by atoms with Crippen molar-refractivity contribution in [3.63, 3.8) is 0 Å². The minimum Gasteiger partial charge on any atom is -0.461 e. The summed E-state index contributed by atoms with van der Waals surface area (Å²) in [6.07, 6.45) is 0.815. The zero-order chi connectivity index (χ0) is 40.4. The minimum absolute atomic E-state index is 0.0144. The number of fused-ring (bicyclic) bond motifs is 1. The normalized spacial score (nSPS) is 17.3. The van der Waals surface area contributed by atoms with Crippen molar-refractivity contribution >= 4 is 62.7 Å². The van der Waals surface area contributed by atoms with Crippen LogP contribution in [-0.4, -0.2) is 61.1 Å². The molecule has 2 N–H and O–H groups in total. The molecule has 0 aliphatic carbocycles. The van der Waals surface area contributed by atoms with Gasteiger partial charge in [0.05, 0.1) is 28.5 Å². The van der Waals surface area contributed by atoms with Crippen molar-refractivity contribution in [2.24, 2.45) is 0 Å². The quantitative estimate of drug-likeness (QED) is 0.0583. The Hall–Kier alpha value is -6.71. The van der Waals surface area contributed by atoms with Crippen LogP contribution >= 0.6 is 11.3 Å². The third kappa shape index (κ3) is 9.45. The number of anilines is 1. The van der Waals surface area contributed by atoms with E-state index in [0.29, 0.717) is 11.1 Å². The number of hydrogen-bond acceptors (Lipinski definition) is 11. The fourth-order valence-electron chi connectivity index (χ4n) is 6.23. The number of nitrogens with one attached hydrogen (secondary N) is 2. The molecule has 58 heavy (non-hydrogen) atoms. The first-order valence-electron chi connectivity index (χ1n) is 18.1. The summed E-state index contributed by atoms with van der Waals surface area (Å²) in [5.74, 6) is -2.97. The Labute approximate surface area is 339 Å². The Kier molecular flexibility index (Phi) is 12.6. The number of nitrogens with zero attached hydrogens (tertiary/aromatic N) is 2. The second kappa shape index (κ2) is 18.5. The third-order valence-corrected chi connectivity index (χ3v) is 11.4. The number of carbonyl (C=O) groups excluding carboxylic acids is 5. The van der Waals surface area contributed by atoms with Gasteiger partial charge in [-0.05, 0) is 28.3 Å². The van der Waals surface area contributed by atoms with E-state index < -0.39 is 58.2 Å². The van der Waals surface area contributed by atoms with Gasteiger partial charge >= 0.3 is 18.0 Å². The van der Waals surface area contributed by atoms with Gasteiger partial charge < -0.3 is 19.5 Å². The number of amides is 3. The standard InChI is InChI=1S/C43H36N4O9S2/c48-35(54-25-28-13-5-1-6-14-28)22-21-32(33-27-57-42(44-33)46-43(52)55-26-29-15-7-2-8-16-29)38(49)45-36-39(50)47-34(23-24-58(53)40(36)47)41(51)56-37(30-17-9-3-10-18-30)31-19-11-4-12-20-31/h1-21,23,27,36-37,40H,22,24-26H2,(H,45,49)(H,44,46,52)/t36-,40-,58?/m1/s1. The number of ether oxygens (including phenoxy) is 3. The summed E-state index contributed by atoms with van der Waals surface area (Å²) >= 11 is 1.01. The maximum absolute atomic E-state index is 14.0. The predicted molar refractivity (Wildman–Crippen MR) is 216 cm³/mol. The number of rotatable bonds is 14. The van der Waals surface area contributed by atoms with Gasteiger partial charge in [-0.1, -0.05) is 127 Å². The highest BCUT2D eigenvalue weighted by molar-refractivity contribution is 7.86. The van der Waals surface area contributed by atoms with E-state index in [1.54, 1.807) is 24.3 Å². The van der Waals surface area contributed by atoms with Gasteiger partial charge in [-0.25, -0.2) is 14.6 Å². The first-order valence-corrected chi connectivity index (χ1v) is 20.4. The second-order valence-electron chi connectivity index (χ2n) is 13.0. The van der Waals surface area contributed by atoms with Gasteiger partial charge in [-0.2, -0.15) is 0 Å². The Bertz CT molecular complexity index is 2330. The van der Waals surface area contributed by atoms with Gasteiger partial charge in [-0.15, -0.1) is 11.3 Å². The van der Waals surface area contributed by atoms with Gasteiger partial charge in [-0.3, -0.25) is 28.8 Å². The molecule has 2 aliphatic heterocycles. The van der Waals surface area contributed by atoms with Gasteiger partial charge in [0.15, 0.2) is 11.2 Å². The summed E-state index contributed by atoms with van der Waals surface area (Å²) in [4.78, 5) is 72.2. The third-order valence-electron chi connectivity index (χ3n) is 9.10. The average Bonchev–Trinajstić information content (AvgIpc) is 3.72. The molecule has 1 unspecified atom stereocenters. The van der Waals surface area contributed by atoms with E-state index in [1.165, 1.54) is 17.5 Å². The fourth-order valence-corrected chi connectivity index (χ4v) is 8.39. The van der Waals surface area contributed by atoms with E-state index in [1.807, 2.05) is 97.1 Å². The van der Waals surface area contributed by atoms with Crippen LogP contribution in [-0.2, 0) is 57.4 Å². The molecule has 1 saturated heterocycles. The van der Waals surface area contributed by atoms with Crippen LogP contribution in [0.3, 0.4) is 0 Å². The molecule has 5 aromatic rings. The lowest BCUT2D eigenvalue weighted by molar-refractivity contribution is -0.154. The molecule has 15 heteroatoms. The molecular formula is C43H36N4O9S2. The lowest BCUT2D eigenvalue weighted by atomic mass is 10.0. The van der Waals surface area contributed by atoms with Crippen molar-refractivity contribution in [2.75, 3.05) is 11.1 Å². The highest BCUT2D eigenvalue weighted by Crippen LogP contribution is 2.35. The summed E-state index contributed by atoms with van der Waals surface area (Å²) in [6, 6.07) is 35.2. The highest BCUT2D eigenvalue weighted by atomic mass is 32.2. The molecule has 0 spiro atoms. The number of benzene rings is 4. The Morgan fingerprint density at radius 2 is 1.40 bits per heavy atom. The van der Waals surface area contributed by atoms with Crippen molar-refractivity contribution in [2.45, 2.75) is 37.2 Å². The average molecular weight is 817 g/mol. The lowest BCUT2D eigenvalue weighted by Gasteiger charge is -2.48. The van der Waals surface area contributed by atoms with E-state index in [4.69, 9.17) is 14.2 Å². The first-order chi connectivity index (χ1) is 28.2. The van der Waals surface area contributed by atoms with Gasteiger partial charge in [0.1, 0.15) is 30.3 Å². The van der Waals surface area contributed by atoms with Crippen molar-refractivity contribution in [1.82, 2.24) is 15.2 Å². The van der Waals surface area contributed by atoms with E-state index in [-0.39, 0.29) is 47.5 Å². The van der Waals surface area contributed by atoms with E-state index >= 15 is 0 Å². The molecule has 1 aromatic heterocycles. The lowest BCUT2D eigenvalue weighted by Crippen LogP contribution is -2.73. The topological polar surface area (TPSA) is 170 Å². The minimum atomic E-state index is -1.69. The van der Waals surface area contributed by atoms with Crippen molar-refractivity contribution in [3.05, 3.63) is 173 Å². The zero-order valence-corrected chi connectivity index (χ0v) is 32.4. The monoisotopic (exact) mass is 816 g/mol. The fraction of sp³-hybridized carbons (Fsp3) is 0.163. The molecule has 0 radical (unpaired) electrons. The molecule has 3 amide bonds. The smallest absolute Gasteiger partial charge is 0.413 e. The number of carbonyl (C=O) groups is 5. The molecule has 3 heterocycles. The number of β-lactam (4-membered cyclic amide) rings is 1. The molecule has 0 bridgehead atoms. The molecule has 7 rings (SSSR count). The van der Waals surface area contributed by atoms with Crippen LogP contribution in [0.1, 0.15) is 40.5 Å². The Morgan fingerprint density at radius 3 is 2.00 bits per heavy atom. The van der Waals surface area contributed by atoms with E-state index in [9.17, 15) is 28.2 Å². The van der Waals surface area contributed by atoms with Gasteiger partial charge in [0.25, 0.3) is 11.8 Å². The predicted octanol–water partition coefficient (Wildman–Crippen LogP) is 6.04. The summed E-state index contributed by atoms with van der Waals surface area (Å²) < 4.78 is 30.0. The van der Waals surface area contributed by atoms with Crippen LogP contribution in [0.25, 0.3) is 5.57 Å². The van der Waals surface area contributed by atoms with Crippen LogP contribution in [0.4, 0.5) is 9.93 Å². The zero-order valence-electron chi connectivity index (χ0n) is 30.7. The maximum Gasteiger partial charge on any atom is 0.413 e. The van der Waals surface area contributed by atoms with Crippen LogP contribution in [0.15, 0.2) is 145 Å². The summed E-state index contributed by atoms with van der Waals surface area (Å²) in [5, 5.41) is 5.71. The number of hydrogen-bond donors (Lipinski definition) is 2. The van der Waals surface area contributed by atoms with E-state index in [2.05, 4.69) is 15.6 Å². The number of esters is 2. The molecule has 1 fully saturated rings.